The van der Waals surface area contributed by atoms with Gasteiger partial charge in [-0.25, -0.2) is 4.79 Å². The van der Waals surface area contributed by atoms with Gasteiger partial charge in [0.2, 0.25) is 0 Å². The van der Waals surface area contributed by atoms with Crippen molar-refractivity contribution >= 4 is 12.4 Å². The molecule has 2 N–H and O–H groups in total. The van der Waals surface area contributed by atoms with E-state index in [0.29, 0.717) is 30.4 Å². The van der Waals surface area contributed by atoms with Gasteiger partial charge in [-0.05, 0) is 48.9 Å². The van der Waals surface area contributed by atoms with Crippen LogP contribution in [0.25, 0.3) is 22.5 Å². The maximum atomic E-state index is 12.1. The van der Waals surface area contributed by atoms with Crippen LogP contribution in [0.2, 0.25) is 0 Å². The number of phenolic OH excluding ortho intramolecular Hbond substituents is 1. The summed E-state index contributed by atoms with van der Waals surface area (Å²) in [5.74, 6) is 0.856. The minimum Gasteiger partial charge on any atom is -0.508 e. The van der Waals surface area contributed by atoms with Gasteiger partial charge < -0.3 is 19.6 Å². The van der Waals surface area contributed by atoms with Crippen molar-refractivity contribution in [3.05, 3.63) is 64.6 Å². The Balaban J connectivity index is 0.00000261. The van der Waals surface area contributed by atoms with Crippen LogP contribution in [0, 0.1) is 6.92 Å². The first-order valence-corrected chi connectivity index (χ1v) is 8.21. The highest BCUT2D eigenvalue weighted by atomic mass is 35.5. The molecule has 0 radical (unpaired) electrons. The van der Waals surface area contributed by atoms with Gasteiger partial charge >= 0.3 is 5.69 Å². The van der Waals surface area contributed by atoms with Gasteiger partial charge in [-0.2, -0.15) is 4.98 Å². The molecule has 0 atom stereocenters. The molecule has 0 saturated carbocycles. The molecule has 0 spiro atoms. The summed E-state index contributed by atoms with van der Waals surface area (Å²) in [6.45, 7) is 2.68. The number of phenols is 1. The molecule has 0 bridgehead atoms. The largest absolute Gasteiger partial charge is 0.508 e. The second-order valence-electron chi connectivity index (χ2n) is 5.82. The number of aromatic hydroxyl groups is 1. The first-order valence-electron chi connectivity index (χ1n) is 8.21. The second-order valence-corrected chi connectivity index (χ2v) is 5.82. The molecule has 0 fully saturated rings. The van der Waals surface area contributed by atoms with Crippen LogP contribution in [0.5, 0.6) is 11.5 Å². The molecule has 0 aliphatic heterocycles. The summed E-state index contributed by atoms with van der Waals surface area (Å²) < 4.78 is 10.8. The summed E-state index contributed by atoms with van der Waals surface area (Å²) in [6, 6.07) is 14.4. The highest BCUT2D eigenvalue weighted by Gasteiger charge is 2.11. The Morgan fingerprint density at radius 2 is 1.89 bits per heavy atom. The fourth-order valence-corrected chi connectivity index (χ4v) is 2.62. The Bertz CT molecular complexity index is 972. The number of aryl methyl sites for hydroxylation is 1. The van der Waals surface area contributed by atoms with Crippen LogP contribution in [0.4, 0.5) is 0 Å². The topological polar surface area (TPSA) is 84.4 Å². The Morgan fingerprint density at radius 1 is 1.11 bits per heavy atom. The van der Waals surface area contributed by atoms with Crippen molar-refractivity contribution in [3.63, 3.8) is 0 Å². The predicted molar refractivity (Wildman–Crippen MR) is 107 cm³/mol. The van der Waals surface area contributed by atoms with Gasteiger partial charge in [-0.15, -0.1) is 12.4 Å². The van der Waals surface area contributed by atoms with E-state index in [-0.39, 0.29) is 18.2 Å². The molecule has 0 aliphatic rings. The van der Waals surface area contributed by atoms with Crippen LogP contribution >= 0.6 is 12.4 Å². The summed E-state index contributed by atoms with van der Waals surface area (Å²) in [5, 5.41) is 9.70. The van der Waals surface area contributed by atoms with Crippen molar-refractivity contribution in [1.29, 1.82) is 0 Å². The molecule has 2 aromatic carbocycles. The Labute approximate surface area is 163 Å². The average Bonchev–Trinajstić information content (AvgIpc) is 2.64. The second kappa shape index (κ2) is 9.21. The number of para-hydroxylation sites is 1. The first kappa shape index (κ1) is 20.5. The maximum Gasteiger partial charge on any atom is 0.345 e. The molecule has 6 nitrogen and oxygen atoms in total. The summed E-state index contributed by atoms with van der Waals surface area (Å²) in [7, 11) is 1.61. The highest BCUT2D eigenvalue weighted by molar-refractivity contribution is 5.85. The minimum absolute atomic E-state index is 0. The SMILES string of the molecule is COCCOc1ccccc1-c1cc(-c2ccc(O)c(C)c2)nc(=O)[nH]1.Cl. The predicted octanol–water partition coefficient (Wildman–Crippen LogP) is 3.56. The van der Waals surface area contributed by atoms with Crippen LogP contribution in [-0.4, -0.2) is 35.4 Å². The third-order valence-corrected chi connectivity index (χ3v) is 3.96. The molecule has 1 aromatic heterocycles. The van der Waals surface area contributed by atoms with Crippen LogP contribution in [0.3, 0.4) is 0 Å². The lowest BCUT2D eigenvalue weighted by atomic mass is 10.0. The van der Waals surface area contributed by atoms with E-state index in [0.717, 1.165) is 16.7 Å². The number of halogens is 1. The Kier molecular flexibility index (Phi) is 6.98. The number of methoxy groups -OCH3 is 1. The zero-order chi connectivity index (χ0) is 18.5. The molecular formula is C20H21ClN2O4. The molecule has 0 unspecified atom stereocenters. The zero-order valence-electron chi connectivity index (χ0n) is 15.1. The minimum atomic E-state index is -0.449. The lowest BCUT2D eigenvalue weighted by Crippen LogP contribution is -2.12. The number of nitrogens with zero attached hydrogens (tertiary/aromatic N) is 1. The van der Waals surface area contributed by atoms with Gasteiger partial charge in [0.1, 0.15) is 18.1 Å². The summed E-state index contributed by atoms with van der Waals surface area (Å²) in [4.78, 5) is 18.9. The number of ether oxygens (including phenoxy) is 2. The monoisotopic (exact) mass is 388 g/mol. The fourth-order valence-electron chi connectivity index (χ4n) is 2.62. The molecule has 7 heteroatoms. The summed E-state index contributed by atoms with van der Waals surface area (Å²) in [6.07, 6.45) is 0. The number of H-pyrrole nitrogens is 1. The van der Waals surface area contributed by atoms with Gasteiger partial charge in [-0.3, -0.25) is 0 Å². The first-order chi connectivity index (χ1) is 12.6. The van der Waals surface area contributed by atoms with Crippen molar-refractivity contribution in [2.24, 2.45) is 0 Å². The number of hydrogen-bond donors (Lipinski definition) is 2. The number of nitrogens with one attached hydrogen (secondary N) is 1. The van der Waals surface area contributed by atoms with E-state index in [2.05, 4.69) is 9.97 Å². The molecule has 0 saturated heterocycles. The summed E-state index contributed by atoms with van der Waals surface area (Å²) in [5.41, 5.74) is 2.92. The third-order valence-electron chi connectivity index (χ3n) is 3.96. The van der Waals surface area contributed by atoms with Gasteiger partial charge in [0.25, 0.3) is 0 Å². The number of rotatable bonds is 6. The van der Waals surface area contributed by atoms with Crippen molar-refractivity contribution in [2.45, 2.75) is 6.92 Å². The number of benzene rings is 2. The molecule has 0 amide bonds. The van der Waals surface area contributed by atoms with Gasteiger partial charge in [0.05, 0.1) is 18.0 Å². The van der Waals surface area contributed by atoms with Crippen LogP contribution < -0.4 is 10.4 Å². The van der Waals surface area contributed by atoms with Crippen LogP contribution in [0.15, 0.2) is 53.3 Å². The van der Waals surface area contributed by atoms with Crippen LogP contribution in [0.1, 0.15) is 5.56 Å². The van der Waals surface area contributed by atoms with E-state index in [1.54, 1.807) is 38.3 Å². The van der Waals surface area contributed by atoms with Crippen molar-refractivity contribution in [1.82, 2.24) is 9.97 Å². The lowest BCUT2D eigenvalue weighted by molar-refractivity contribution is 0.146. The van der Waals surface area contributed by atoms with Gasteiger partial charge in [0, 0.05) is 18.2 Å². The molecule has 3 rings (SSSR count). The lowest BCUT2D eigenvalue weighted by Gasteiger charge is -2.12. The van der Waals surface area contributed by atoms with Crippen molar-refractivity contribution < 1.29 is 14.6 Å². The summed E-state index contributed by atoms with van der Waals surface area (Å²) >= 11 is 0. The Morgan fingerprint density at radius 3 is 2.63 bits per heavy atom. The van der Waals surface area contributed by atoms with E-state index in [9.17, 15) is 9.90 Å². The van der Waals surface area contributed by atoms with E-state index < -0.39 is 5.69 Å². The standard InChI is InChI=1S/C20H20N2O4.ClH/c1-13-11-14(7-8-18(13)23)16-12-17(22-20(24)21-16)15-5-3-4-6-19(15)26-10-9-25-2;/h3-8,11-12,23H,9-10H2,1-2H3,(H,21,22,24);1H. The molecule has 1 heterocycles. The fraction of sp³-hybridized carbons (Fsp3) is 0.200. The molecule has 3 aromatic rings. The van der Waals surface area contributed by atoms with Gasteiger partial charge in [-0.1, -0.05) is 12.1 Å². The van der Waals surface area contributed by atoms with E-state index in [4.69, 9.17) is 9.47 Å². The maximum absolute atomic E-state index is 12.1. The zero-order valence-corrected chi connectivity index (χ0v) is 15.9. The van der Waals surface area contributed by atoms with Gasteiger partial charge in [0.15, 0.2) is 0 Å². The number of aromatic nitrogens is 2. The number of hydrogen-bond acceptors (Lipinski definition) is 5. The molecule has 0 aliphatic carbocycles. The van der Waals surface area contributed by atoms with E-state index >= 15 is 0 Å². The number of aromatic amines is 1. The van der Waals surface area contributed by atoms with E-state index in [1.165, 1.54) is 0 Å². The van der Waals surface area contributed by atoms with Crippen molar-refractivity contribution in [2.75, 3.05) is 20.3 Å². The normalized spacial score (nSPS) is 10.3. The molecule has 27 heavy (non-hydrogen) atoms. The highest BCUT2D eigenvalue weighted by Crippen LogP contribution is 2.30. The quantitative estimate of drug-likeness (QED) is 0.631. The Hall–Kier alpha value is -2.83. The van der Waals surface area contributed by atoms with Crippen LogP contribution in [-0.2, 0) is 4.74 Å². The average molecular weight is 389 g/mol. The van der Waals surface area contributed by atoms with Crippen molar-refractivity contribution in [3.8, 4) is 34.0 Å². The third kappa shape index (κ3) is 4.87. The molecule has 142 valence electrons. The smallest absolute Gasteiger partial charge is 0.345 e. The molecular weight excluding hydrogens is 368 g/mol. The van der Waals surface area contributed by atoms with E-state index in [1.807, 2.05) is 24.3 Å².